The lowest BCUT2D eigenvalue weighted by molar-refractivity contribution is 0.102. The van der Waals surface area contributed by atoms with Gasteiger partial charge in [0.15, 0.2) is 17.3 Å². The minimum absolute atomic E-state index is 0.147. The Bertz CT molecular complexity index is 1200. The molecule has 3 aromatic rings. The Morgan fingerprint density at radius 2 is 1.82 bits per heavy atom. The molecular formula is C23H31N7O3. The molecule has 1 fully saturated rings. The first-order valence-electron chi connectivity index (χ1n) is 11.6. The summed E-state index contributed by atoms with van der Waals surface area (Å²) in [5.41, 5.74) is 0.878. The van der Waals surface area contributed by atoms with E-state index >= 15 is 0 Å². The summed E-state index contributed by atoms with van der Waals surface area (Å²) in [6, 6.07) is 5.32. The van der Waals surface area contributed by atoms with Gasteiger partial charge >= 0.3 is 0 Å². The lowest BCUT2D eigenvalue weighted by Gasteiger charge is -2.39. The molecular weight excluding hydrogens is 422 g/mol. The van der Waals surface area contributed by atoms with Crippen molar-refractivity contribution in [1.29, 1.82) is 0 Å². The zero-order valence-corrected chi connectivity index (χ0v) is 19.7. The van der Waals surface area contributed by atoms with Crippen molar-refractivity contribution in [3.8, 4) is 11.5 Å². The van der Waals surface area contributed by atoms with Gasteiger partial charge in [0.25, 0.3) is 5.56 Å². The number of piperazine rings is 1. The Kier molecular flexibility index (Phi) is 5.57. The van der Waals surface area contributed by atoms with Crippen LogP contribution in [-0.4, -0.2) is 74.5 Å². The minimum Gasteiger partial charge on any atom is -0.454 e. The van der Waals surface area contributed by atoms with Gasteiger partial charge in [-0.3, -0.25) is 9.69 Å². The van der Waals surface area contributed by atoms with Crippen molar-refractivity contribution in [3.05, 3.63) is 39.9 Å². The molecule has 1 atom stereocenters. The van der Waals surface area contributed by atoms with E-state index in [1.165, 1.54) is 0 Å². The van der Waals surface area contributed by atoms with E-state index in [1.54, 1.807) is 0 Å². The van der Waals surface area contributed by atoms with Crippen molar-refractivity contribution in [1.82, 2.24) is 35.0 Å². The van der Waals surface area contributed by atoms with Crippen molar-refractivity contribution >= 4 is 10.9 Å². The molecule has 4 heterocycles. The number of ether oxygens (including phenoxy) is 2. The van der Waals surface area contributed by atoms with Crippen LogP contribution in [0, 0.1) is 0 Å². The van der Waals surface area contributed by atoms with Crippen molar-refractivity contribution < 1.29 is 9.47 Å². The predicted molar refractivity (Wildman–Crippen MR) is 124 cm³/mol. The fraction of sp³-hybridized carbons (Fsp3) is 0.565. The summed E-state index contributed by atoms with van der Waals surface area (Å²) in [7, 11) is 0. The van der Waals surface area contributed by atoms with Crippen LogP contribution in [-0.2, 0) is 5.54 Å². The van der Waals surface area contributed by atoms with Crippen LogP contribution in [0.4, 0.5) is 0 Å². The largest absolute Gasteiger partial charge is 0.454 e. The molecule has 10 nitrogen and oxygen atoms in total. The monoisotopic (exact) mass is 453 g/mol. The summed E-state index contributed by atoms with van der Waals surface area (Å²) in [6.07, 6.45) is 1.13. The number of hydrogen-bond acceptors (Lipinski definition) is 8. The van der Waals surface area contributed by atoms with Crippen LogP contribution in [0.25, 0.3) is 10.9 Å². The van der Waals surface area contributed by atoms with Crippen LogP contribution in [0.15, 0.2) is 23.0 Å². The van der Waals surface area contributed by atoms with Gasteiger partial charge in [-0.05, 0) is 56.3 Å². The lowest BCUT2D eigenvalue weighted by Crippen LogP contribution is -2.49. The highest BCUT2D eigenvalue weighted by Crippen LogP contribution is 2.36. The Morgan fingerprint density at radius 3 is 2.52 bits per heavy atom. The zero-order chi connectivity index (χ0) is 23.2. The van der Waals surface area contributed by atoms with Crippen molar-refractivity contribution in [2.45, 2.75) is 45.7 Å². The van der Waals surface area contributed by atoms with Crippen LogP contribution in [0.3, 0.4) is 0 Å². The first kappa shape index (κ1) is 21.8. The van der Waals surface area contributed by atoms with E-state index in [0.717, 1.165) is 50.0 Å². The first-order chi connectivity index (χ1) is 15.8. The number of aromatic amines is 1. The molecule has 0 aliphatic carbocycles. The predicted octanol–water partition coefficient (Wildman–Crippen LogP) is 2.12. The van der Waals surface area contributed by atoms with E-state index < -0.39 is 0 Å². The van der Waals surface area contributed by atoms with E-state index in [1.807, 2.05) is 22.9 Å². The van der Waals surface area contributed by atoms with E-state index in [-0.39, 0.29) is 23.9 Å². The maximum Gasteiger partial charge on any atom is 0.253 e. The maximum absolute atomic E-state index is 13.4. The van der Waals surface area contributed by atoms with Crippen molar-refractivity contribution in [2.75, 3.05) is 39.5 Å². The zero-order valence-electron chi connectivity index (χ0n) is 19.7. The minimum atomic E-state index is -0.360. The SMILES string of the molecule is CCCN1CCN([C@@H](c2cc3cc4c(cc3[nH]c2=O)OCO4)c2nnnn2C(C)(C)C)CC1. The quantitative estimate of drug-likeness (QED) is 0.627. The van der Waals surface area contributed by atoms with Crippen LogP contribution >= 0.6 is 0 Å². The molecule has 0 radical (unpaired) electrons. The van der Waals surface area contributed by atoms with E-state index in [0.29, 0.717) is 22.9 Å². The average molecular weight is 454 g/mol. The summed E-state index contributed by atoms with van der Waals surface area (Å²) in [4.78, 5) is 21.2. The summed E-state index contributed by atoms with van der Waals surface area (Å²) in [5.74, 6) is 2.01. The van der Waals surface area contributed by atoms with Gasteiger partial charge < -0.3 is 19.4 Å². The van der Waals surface area contributed by atoms with Gasteiger partial charge in [0.05, 0.1) is 11.1 Å². The average Bonchev–Trinajstić information content (AvgIpc) is 3.43. The van der Waals surface area contributed by atoms with Crippen molar-refractivity contribution in [2.24, 2.45) is 0 Å². The Morgan fingerprint density at radius 1 is 1.09 bits per heavy atom. The fourth-order valence-electron chi connectivity index (χ4n) is 4.72. The summed E-state index contributed by atoms with van der Waals surface area (Å²) >= 11 is 0. The molecule has 2 aliphatic rings. The molecule has 0 unspecified atom stereocenters. The smallest absolute Gasteiger partial charge is 0.253 e. The molecule has 2 aromatic heterocycles. The highest BCUT2D eigenvalue weighted by Gasteiger charge is 2.35. The van der Waals surface area contributed by atoms with Gasteiger partial charge in [0, 0.05) is 43.2 Å². The molecule has 176 valence electrons. The van der Waals surface area contributed by atoms with Gasteiger partial charge in [0.2, 0.25) is 6.79 Å². The lowest BCUT2D eigenvalue weighted by atomic mass is 10.0. The third-order valence-electron chi connectivity index (χ3n) is 6.35. The summed E-state index contributed by atoms with van der Waals surface area (Å²) < 4.78 is 12.9. The van der Waals surface area contributed by atoms with Crippen LogP contribution in [0.2, 0.25) is 0 Å². The molecule has 2 aliphatic heterocycles. The van der Waals surface area contributed by atoms with Gasteiger partial charge in [-0.2, -0.15) is 0 Å². The summed E-state index contributed by atoms with van der Waals surface area (Å²) in [6.45, 7) is 13.2. The number of tetrazole rings is 1. The van der Waals surface area contributed by atoms with E-state index in [4.69, 9.17) is 9.47 Å². The topological polar surface area (TPSA) is 101 Å². The van der Waals surface area contributed by atoms with Gasteiger partial charge in [-0.25, -0.2) is 4.68 Å². The third-order valence-corrected chi connectivity index (χ3v) is 6.35. The van der Waals surface area contributed by atoms with Gasteiger partial charge in [-0.1, -0.05) is 6.92 Å². The van der Waals surface area contributed by atoms with Gasteiger partial charge in [-0.15, -0.1) is 5.10 Å². The number of hydrogen-bond donors (Lipinski definition) is 1. The second-order valence-corrected chi connectivity index (χ2v) is 9.75. The molecule has 0 amide bonds. The van der Waals surface area contributed by atoms with Crippen LogP contribution in [0.1, 0.15) is 51.5 Å². The number of nitrogens with zero attached hydrogens (tertiary/aromatic N) is 6. The molecule has 1 saturated heterocycles. The Labute approximate surface area is 192 Å². The maximum atomic E-state index is 13.4. The number of rotatable bonds is 5. The van der Waals surface area contributed by atoms with Gasteiger partial charge in [0.1, 0.15) is 6.04 Å². The molecule has 0 spiro atoms. The number of benzene rings is 1. The second-order valence-electron chi connectivity index (χ2n) is 9.75. The highest BCUT2D eigenvalue weighted by molar-refractivity contribution is 5.83. The van der Waals surface area contributed by atoms with Crippen molar-refractivity contribution in [3.63, 3.8) is 0 Å². The van der Waals surface area contributed by atoms with Crippen LogP contribution < -0.4 is 15.0 Å². The number of pyridine rings is 1. The first-order valence-corrected chi connectivity index (χ1v) is 11.6. The number of fused-ring (bicyclic) bond motifs is 2. The molecule has 10 heteroatoms. The fourth-order valence-corrected chi connectivity index (χ4v) is 4.72. The Hall–Kier alpha value is -2.98. The summed E-state index contributed by atoms with van der Waals surface area (Å²) in [5, 5.41) is 13.6. The molecule has 0 saturated carbocycles. The number of aromatic nitrogens is 5. The molecule has 0 bridgehead atoms. The normalized spacial score (nSPS) is 18.2. The van der Waals surface area contributed by atoms with E-state index in [2.05, 4.69) is 58.0 Å². The Balaban J connectivity index is 1.61. The molecule has 33 heavy (non-hydrogen) atoms. The van der Waals surface area contributed by atoms with E-state index in [9.17, 15) is 4.79 Å². The number of nitrogens with one attached hydrogen (secondary N) is 1. The molecule has 5 rings (SSSR count). The molecule has 1 aromatic carbocycles. The third kappa shape index (κ3) is 4.08. The highest BCUT2D eigenvalue weighted by atomic mass is 16.7. The second kappa shape index (κ2) is 8.42. The number of H-pyrrole nitrogens is 1. The standard InChI is InChI=1S/C23H31N7O3/c1-5-6-28-7-9-29(10-8-28)20(21-25-26-27-30(21)23(2,3)4)16-11-15-12-18-19(33-14-32-18)13-17(15)24-22(16)31/h11-13,20H,5-10,14H2,1-4H3,(H,24,31)/t20-/m0/s1. The molecule has 1 N–H and O–H groups in total. The van der Waals surface area contributed by atoms with Crippen LogP contribution in [0.5, 0.6) is 11.5 Å².